The van der Waals surface area contributed by atoms with E-state index in [1.807, 2.05) is 24.3 Å². The Kier molecular flexibility index (Phi) is 6.62. The number of hydrazine groups is 1. The Morgan fingerprint density at radius 1 is 0.969 bits per heavy atom. The Bertz CT molecular complexity index is 1210. The fraction of sp³-hybridized carbons (Fsp3) is 0.0833. The Labute approximate surface area is 202 Å². The number of methoxy groups -OCH3 is 1. The van der Waals surface area contributed by atoms with E-state index in [0.717, 1.165) is 14.5 Å². The lowest BCUT2D eigenvalue weighted by Crippen LogP contribution is -2.35. The molecule has 1 saturated heterocycles. The molecule has 3 aromatic rings. The highest BCUT2D eigenvalue weighted by Crippen LogP contribution is 2.31. The van der Waals surface area contributed by atoms with Crippen molar-refractivity contribution in [2.45, 2.75) is 6.61 Å². The third-order valence-corrected chi connectivity index (χ3v) is 6.03. The summed E-state index contributed by atoms with van der Waals surface area (Å²) < 4.78 is 13.3. The van der Waals surface area contributed by atoms with Gasteiger partial charge in [-0.3, -0.25) is 15.0 Å². The molecule has 4 rings (SSSR count). The highest BCUT2D eigenvalue weighted by atomic mass is 79.9. The molecule has 2 amide bonds. The summed E-state index contributed by atoms with van der Waals surface area (Å²) in [5.74, 6) is 0.176. The molecule has 32 heavy (non-hydrogen) atoms. The van der Waals surface area contributed by atoms with E-state index >= 15 is 0 Å². The molecule has 1 N–H and O–H groups in total. The normalized spacial score (nSPS) is 14.6. The lowest BCUT2D eigenvalue weighted by atomic mass is 10.1. The van der Waals surface area contributed by atoms with Crippen LogP contribution in [0.2, 0.25) is 0 Å². The first-order valence-corrected chi connectivity index (χ1v) is 11.2. The molecule has 0 atom stereocenters. The smallest absolute Gasteiger partial charge is 0.282 e. The quantitative estimate of drug-likeness (QED) is 0.331. The molecule has 8 heteroatoms. The largest absolute Gasteiger partial charge is 0.493 e. The van der Waals surface area contributed by atoms with Crippen molar-refractivity contribution < 1.29 is 19.1 Å². The Balaban J connectivity index is 1.54. The number of amides is 2. The molecule has 0 bridgehead atoms. The lowest BCUT2D eigenvalue weighted by molar-refractivity contribution is -0.117. The average molecular weight is 558 g/mol. The van der Waals surface area contributed by atoms with Crippen LogP contribution in [0.1, 0.15) is 11.1 Å². The number of anilines is 1. The summed E-state index contributed by atoms with van der Waals surface area (Å²) in [6, 6.07) is 20.0. The van der Waals surface area contributed by atoms with Crippen molar-refractivity contribution >= 4 is 55.4 Å². The van der Waals surface area contributed by atoms with Crippen molar-refractivity contribution in [3.63, 3.8) is 0 Å². The monoisotopic (exact) mass is 556 g/mol. The van der Waals surface area contributed by atoms with E-state index in [1.165, 1.54) is 11.1 Å². The summed E-state index contributed by atoms with van der Waals surface area (Å²) in [4.78, 5) is 25.2. The van der Waals surface area contributed by atoms with Crippen LogP contribution in [0.25, 0.3) is 6.08 Å². The van der Waals surface area contributed by atoms with Gasteiger partial charge in [0.2, 0.25) is 0 Å². The van der Waals surface area contributed by atoms with E-state index in [1.54, 1.807) is 49.6 Å². The molecule has 0 radical (unpaired) electrons. The number of halogens is 2. The van der Waals surface area contributed by atoms with Crippen molar-refractivity contribution in [3.8, 4) is 11.5 Å². The minimum Gasteiger partial charge on any atom is -0.493 e. The zero-order valence-electron chi connectivity index (χ0n) is 17.0. The maximum absolute atomic E-state index is 12.8. The van der Waals surface area contributed by atoms with Crippen LogP contribution in [0.4, 0.5) is 5.69 Å². The number of nitrogens with zero attached hydrogens (tertiary/aromatic N) is 1. The summed E-state index contributed by atoms with van der Waals surface area (Å²) in [6.45, 7) is 0.345. The molecular formula is C24H18Br2N2O4. The van der Waals surface area contributed by atoms with Crippen LogP contribution in [-0.2, 0) is 16.2 Å². The molecule has 0 spiro atoms. The van der Waals surface area contributed by atoms with Crippen LogP contribution >= 0.6 is 31.9 Å². The van der Waals surface area contributed by atoms with E-state index in [0.29, 0.717) is 29.4 Å². The predicted molar refractivity (Wildman–Crippen MR) is 129 cm³/mol. The fourth-order valence-electron chi connectivity index (χ4n) is 3.17. The van der Waals surface area contributed by atoms with E-state index in [9.17, 15) is 9.59 Å². The van der Waals surface area contributed by atoms with Crippen molar-refractivity contribution in [3.05, 3.63) is 92.4 Å². The van der Waals surface area contributed by atoms with Crippen LogP contribution in [-0.4, -0.2) is 18.9 Å². The highest BCUT2D eigenvalue weighted by molar-refractivity contribution is 9.11. The van der Waals surface area contributed by atoms with Crippen LogP contribution < -0.4 is 19.9 Å². The maximum Gasteiger partial charge on any atom is 0.282 e. The van der Waals surface area contributed by atoms with Gasteiger partial charge in [-0.1, -0.05) is 62.2 Å². The average Bonchev–Trinajstić information content (AvgIpc) is 3.08. The van der Waals surface area contributed by atoms with Crippen LogP contribution in [0.5, 0.6) is 11.5 Å². The third kappa shape index (κ3) is 4.71. The van der Waals surface area contributed by atoms with E-state index in [2.05, 4.69) is 37.3 Å². The molecule has 0 saturated carbocycles. The summed E-state index contributed by atoms with van der Waals surface area (Å²) in [5.41, 5.74) is 4.86. The summed E-state index contributed by atoms with van der Waals surface area (Å²) >= 11 is 6.96. The standard InChI is InChI=1S/C24H18Br2N2O4/c1-31-22-12-15(7-10-21(22)32-14-16-8-9-17(25)13-20(16)26)11-19-23(29)27-28(24(19)30)18-5-3-2-4-6-18/h2-13H,14H2,1H3,(H,27,29)/b19-11+. The van der Waals surface area contributed by atoms with Gasteiger partial charge in [-0.05, 0) is 48.0 Å². The van der Waals surface area contributed by atoms with Crippen molar-refractivity contribution in [1.82, 2.24) is 5.43 Å². The number of ether oxygens (including phenoxy) is 2. The minimum absolute atomic E-state index is 0.0448. The number of hydrogen-bond donors (Lipinski definition) is 1. The van der Waals surface area contributed by atoms with Gasteiger partial charge in [-0.2, -0.15) is 0 Å². The molecule has 1 heterocycles. The van der Waals surface area contributed by atoms with Gasteiger partial charge in [0.25, 0.3) is 11.8 Å². The van der Waals surface area contributed by atoms with E-state index in [-0.39, 0.29) is 5.57 Å². The predicted octanol–water partition coefficient (Wildman–Crippen LogP) is 5.26. The maximum atomic E-state index is 12.8. The number of hydrogen-bond acceptors (Lipinski definition) is 4. The summed E-state index contributed by atoms with van der Waals surface area (Å²) in [7, 11) is 1.54. The zero-order chi connectivity index (χ0) is 22.7. The van der Waals surface area contributed by atoms with Crippen molar-refractivity contribution in [2.24, 2.45) is 0 Å². The first-order valence-electron chi connectivity index (χ1n) is 9.63. The molecule has 6 nitrogen and oxygen atoms in total. The number of rotatable bonds is 6. The second-order valence-electron chi connectivity index (χ2n) is 6.91. The molecule has 0 unspecified atom stereocenters. The topological polar surface area (TPSA) is 67.9 Å². The molecular weight excluding hydrogens is 540 g/mol. The van der Waals surface area contributed by atoms with Gasteiger partial charge in [0, 0.05) is 14.5 Å². The van der Waals surface area contributed by atoms with Gasteiger partial charge in [0.15, 0.2) is 11.5 Å². The van der Waals surface area contributed by atoms with Crippen LogP contribution in [0, 0.1) is 0 Å². The molecule has 0 aliphatic carbocycles. The van der Waals surface area contributed by atoms with E-state index < -0.39 is 11.8 Å². The highest BCUT2D eigenvalue weighted by Gasteiger charge is 2.34. The Morgan fingerprint density at radius 3 is 2.47 bits per heavy atom. The molecule has 162 valence electrons. The Hall–Kier alpha value is -3.10. The summed E-state index contributed by atoms with van der Waals surface area (Å²) in [5, 5.41) is 1.24. The Morgan fingerprint density at radius 2 is 1.75 bits per heavy atom. The first-order chi connectivity index (χ1) is 15.5. The van der Waals surface area contributed by atoms with Crippen LogP contribution in [0.3, 0.4) is 0 Å². The second kappa shape index (κ2) is 9.58. The lowest BCUT2D eigenvalue weighted by Gasteiger charge is -2.14. The number of benzene rings is 3. The van der Waals surface area contributed by atoms with Gasteiger partial charge in [0.1, 0.15) is 12.2 Å². The van der Waals surface area contributed by atoms with Crippen molar-refractivity contribution in [2.75, 3.05) is 12.1 Å². The third-order valence-electron chi connectivity index (χ3n) is 4.80. The number of carbonyl (C=O) groups excluding carboxylic acids is 2. The summed E-state index contributed by atoms with van der Waals surface area (Å²) in [6.07, 6.45) is 1.54. The van der Waals surface area contributed by atoms with Gasteiger partial charge in [0.05, 0.1) is 12.8 Å². The number of nitrogens with one attached hydrogen (secondary N) is 1. The van der Waals surface area contributed by atoms with Crippen molar-refractivity contribution in [1.29, 1.82) is 0 Å². The van der Waals surface area contributed by atoms with Gasteiger partial charge < -0.3 is 9.47 Å². The van der Waals surface area contributed by atoms with Crippen LogP contribution in [0.15, 0.2) is 81.2 Å². The molecule has 1 aliphatic heterocycles. The molecule has 0 aromatic heterocycles. The second-order valence-corrected chi connectivity index (χ2v) is 8.68. The number of carbonyl (C=O) groups is 2. The number of para-hydroxylation sites is 1. The van der Waals surface area contributed by atoms with E-state index in [4.69, 9.17) is 9.47 Å². The van der Waals surface area contributed by atoms with Gasteiger partial charge in [-0.25, -0.2) is 5.01 Å². The molecule has 3 aromatic carbocycles. The first kappa shape index (κ1) is 22.1. The zero-order valence-corrected chi connectivity index (χ0v) is 20.1. The molecule has 1 aliphatic rings. The fourth-order valence-corrected chi connectivity index (χ4v) is 4.33. The van der Waals surface area contributed by atoms with Gasteiger partial charge >= 0.3 is 0 Å². The SMILES string of the molecule is COc1cc(/C=C2\C(=O)NN(c3ccccc3)C2=O)ccc1OCc1ccc(Br)cc1Br. The molecule has 1 fully saturated rings. The minimum atomic E-state index is -0.460. The van der Waals surface area contributed by atoms with Gasteiger partial charge in [-0.15, -0.1) is 0 Å².